The van der Waals surface area contributed by atoms with Crippen molar-refractivity contribution in [3.8, 4) is 0 Å². The van der Waals surface area contributed by atoms with E-state index in [1.54, 1.807) is 0 Å². The third kappa shape index (κ3) is 2.55. The molecule has 0 aromatic carbocycles. The molecule has 0 bridgehead atoms. The van der Waals surface area contributed by atoms with E-state index in [1.807, 2.05) is 13.8 Å². The summed E-state index contributed by atoms with van der Waals surface area (Å²) in [6, 6.07) is 0. The van der Waals surface area contributed by atoms with Crippen molar-refractivity contribution in [1.29, 1.82) is 0 Å². The molecule has 0 amide bonds. The molecule has 1 aliphatic rings. The van der Waals surface area contributed by atoms with Gasteiger partial charge in [-0.2, -0.15) is 0 Å². The minimum Gasteiger partial charge on any atom is -0.299 e. The van der Waals surface area contributed by atoms with Gasteiger partial charge in [0.15, 0.2) is 0 Å². The maximum absolute atomic E-state index is 11.9. The number of rotatable bonds is 3. The molecule has 1 nitrogen and oxygen atoms in total. The van der Waals surface area contributed by atoms with Crippen LogP contribution in [0, 0.1) is 17.8 Å². The van der Waals surface area contributed by atoms with Gasteiger partial charge in [0.25, 0.3) is 0 Å². The van der Waals surface area contributed by atoms with Gasteiger partial charge in [-0.1, -0.05) is 40.0 Å². The average molecular weight is 182 g/mol. The minimum atomic E-state index is 0.233. The molecule has 0 N–H and O–H groups in total. The number of carbonyl (C=O) groups is 1. The van der Waals surface area contributed by atoms with Crippen molar-refractivity contribution >= 4 is 5.78 Å². The normalized spacial score (nSPS) is 29.2. The minimum absolute atomic E-state index is 0.233. The fraction of sp³-hybridized carbons (Fsp3) is 0.917. The van der Waals surface area contributed by atoms with Crippen LogP contribution in [0.25, 0.3) is 0 Å². The van der Waals surface area contributed by atoms with E-state index in [0.717, 1.165) is 6.42 Å². The van der Waals surface area contributed by atoms with Gasteiger partial charge >= 0.3 is 0 Å². The van der Waals surface area contributed by atoms with Crippen molar-refractivity contribution in [1.82, 2.24) is 0 Å². The van der Waals surface area contributed by atoms with Crippen molar-refractivity contribution in [2.75, 3.05) is 0 Å². The summed E-state index contributed by atoms with van der Waals surface area (Å²) in [7, 11) is 0. The van der Waals surface area contributed by atoms with Crippen molar-refractivity contribution < 1.29 is 4.79 Å². The smallest absolute Gasteiger partial charge is 0.138 e. The lowest BCUT2D eigenvalue weighted by atomic mass is 9.73. The Morgan fingerprint density at radius 1 is 1.31 bits per heavy atom. The Balaban J connectivity index is 2.58. The Morgan fingerprint density at radius 3 is 2.46 bits per heavy atom. The molecule has 2 atom stereocenters. The van der Waals surface area contributed by atoms with Gasteiger partial charge in [-0.15, -0.1) is 0 Å². The van der Waals surface area contributed by atoms with E-state index in [9.17, 15) is 4.79 Å². The summed E-state index contributed by atoms with van der Waals surface area (Å²) in [5, 5.41) is 0. The SMILES string of the molecule is CCC1CCCCC1C(=O)C(C)C. The Hall–Kier alpha value is -0.330. The molecule has 1 rings (SSSR count). The van der Waals surface area contributed by atoms with Crippen molar-refractivity contribution in [3.05, 3.63) is 0 Å². The summed E-state index contributed by atoms with van der Waals surface area (Å²) in [5.74, 6) is 1.81. The summed E-state index contributed by atoms with van der Waals surface area (Å²) in [6.07, 6.45) is 6.21. The highest BCUT2D eigenvalue weighted by molar-refractivity contribution is 5.83. The van der Waals surface area contributed by atoms with E-state index in [1.165, 1.54) is 25.7 Å². The van der Waals surface area contributed by atoms with Crippen molar-refractivity contribution in [2.24, 2.45) is 17.8 Å². The van der Waals surface area contributed by atoms with Gasteiger partial charge in [-0.25, -0.2) is 0 Å². The Morgan fingerprint density at radius 2 is 1.92 bits per heavy atom. The maximum Gasteiger partial charge on any atom is 0.138 e. The van der Waals surface area contributed by atoms with Gasteiger partial charge in [-0.05, 0) is 18.8 Å². The fourth-order valence-corrected chi connectivity index (χ4v) is 2.50. The number of Topliss-reactive ketones (excluding diaryl/α,β-unsaturated/α-hetero) is 1. The first-order chi connectivity index (χ1) is 6.16. The van der Waals surface area contributed by atoms with Crippen LogP contribution in [0.5, 0.6) is 0 Å². The average Bonchev–Trinajstić information content (AvgIpc) is 2.16. The molecule has 0 aromatic heterocycles. The molecule has 0 heterocycles. The molecule has 0 aliphatic heterocycles. The molecule has 1 saturated carbocycles. The number of ketones is 1. The lowest BCUT2D eigenvalue weighted by molar-refractivity contribution is -0.128. The fourth-order valence-electron chi connectivity index (χ4n) is 2.50. The molecule has 2 unspecified atom stereocenters. The molecule has 1 aliphatic carbocycles. The molecule has 0 aromatic rings. The van der Waals surface area contributed by atoms with Gasteiger partial charge in [-0.3, -0.25) is 4.79 Å². The van der Waals surface area contributed by atoms with Crippen LogP contribution in [0.3, 0.4) is 0 Å². The Labute approximate surface area is 81.9 Å². The van der Waals surface area contributed by atoms with Crippen molar-refractivity contribution in [3.63, 3.8) is 0 Å². The van der Waals surface area contributed by atoms with Crippen LogP contribution >= 0.6 is 0 Å². The number of hydrogen-bond donors (Lipinski definition) is 0. The third-order valence-electron chi connectivity index (χ3n) is 3.37. The van der Waals surface area contributed by atoms with Crippen LogP contribution in [0.15, 0.2) is 0 Å². The standard InChI is InChI=1S/C12H22O/c1-4-10-7-5-6-8-11(10)12(13)9(2)3/h9-11H,4-8H2,1-3H3. The second-order valence-electron chi connectivity index (χ2n) is 4.62. The Bertz CT molecular complexity index is 172. The van der Waals surface area contributed by atoms with E-state index < -0.39 is 0 Å². The van der Waals surface area contributed by atoms with Gasteiger partial charge in [0, 0.05) is 11.8 Å². The van der Waals surface area contributed by atoms with Crippen LogP contribution in [-0.4, -0.2) is 5.78 Å². The van der Waals surface area contributed by atoms with E-state index in [4.69, 9.17) is 0 Å². The quantitative estimate of drug-likeness (QED) is 0.653. The molecule has 1 heteroatoms. The predicted molar refractivity (Wildman–Crippen MR) is 55.6 cm³/mol. The van der Waals surface area contributed by atoms with Gasteiger partial charge in [0.2, 0.25) is 0 Å². The topological polar surface area (TPSA) is 17.1 Å². The molecular formula is C12H22O. The molecule has 0 spiro atoms. The van der Waals surface area contributed by atoms with E-state index >= 15 is 0 Å². The monoisotopic (exact) mass is 182 g/mol. The van der Waals surface area contributed by atoms with Crippen LogP contribution in [0.1, 0.15) is 52.9 Å². The van der Waals surface area contributed by atoms with Gasteiger partial charge in [0.1, 0.15) is 5.78 Å². The zero-order chi connectivity index (χ0) is 9.84. The largest absolute Gasteiger partial charge is 0.299 e. The zero-order valence-electron chi connectivity index (χ0n) is 9.18. The van der Waals surface area contributed by atoms with E-state index in [2.05, 4.69) is 6.92 Å². The van der Waals surface area contributed by atoms with Crippen LogP contribution in [-0.2, 0) is 4.79 Å². The summed E-state index contributed by atoms with van der Waals surface area (Å²) in [4.78, 5) is 11.9. The summed E-state index contributed by atoms with van der Waals surface area (Å²) < 4.78 is 0. The van der Waals surface area contributed by atoms with Crippen LogP contribution < -0.4 is 0 Å². The molecule has 0 radical (unpaired) electrons. The lowest BCUT2D eigenvalue weighted by Gasteiger charge is -2.30. The first kappa shape index (κ1) is 10.7. The number of carbonyl (C=O) groups excluding carboxylic acids is 1. The highest BCUT2D eigenvalue weighted by Gasteiger charge is 2.30. The molecule has 1 fully saturated rings. The molecule has 76 valence electrons. The first-order valence-electron chi connectivity index (χ1n) is 5.70. The summed E-state index contributed by atoms with van der Waals surface area (Å²) in [5.41, 5.74) is 0. The lowest BCUT2D eigenvalue weighted by Crippen LogP contribution is -2.29. The Kier molecular flexibility index (Phi) is 3.95. The zero-order valence-corrected chi connectivity index (χ0v) is 9.18. The highest BCUT2D eigenvalue weighted by atomic mass is 16.1. The van der Waals surface area contributed by atoms with Crippen molar-refractivity contribution in [2.45, 2.75) is 52.9 Å². The van der Waals surface area contributed by atoms with E-state index in [-0.39, 0.29) is 5.92 Å². The molecular weight excluding hydrogens is 160 g/mol. The first-order valence-corrected chi connectivity index (χ1v) is 5.70. The van der Waals surface area contributed by atoms with Crippen LogP contribution in [0.4, 0.5) is 0 Å². The summed E-state index contributed by atoms with van der Waals surface area (Å²) in [6.45, 7) is 6.28. The highest BCUT2D eigenvalue weighted by Crippen LogP contribution is 2.34. The van der Waals surface area contributed by atoms with Gasteiger partial charge < -0.3 is 0 Å². The summed E-state index contributed by atoms with van der Waals surface area (Å²) >= 11 is 0. The van der Waals surface area contributed by atoms with Gasteiger partial charge in [0.05, 0.1) is 0 Å². The third-order valence-corrected chi connectivity index (χ3v) is 3.37. The van der Waals surface area contributed by atoms with Crippen LogP contribution in [0.2, 0.25) is 0 Å². The predicted octanol–water partition coefficient (Wildman–Crippen LogP) is 3.43. The number of hydrogen-bond acceptors (Lipinski definition) is 1. The molecule has 0 saturated heterocycles. The second kappa shape index (κ2) is 4.78. The maximum atomic E-state index is 11.9. The second-order valence-corrected chi connectivity index (χ2v) is 4.62. The molecule has 13 heavy (non-hydrogen) atoms. The van der Waals surface area contributed by atoms with E-state index in [0.29, 0.717) is 17.6 Å².